The van der Waals surface area contributed by atoms with Gasteiger partial charge in [-0.15, -0.1) is 0 Å². The monoisotopic (exact) mass is 868 g/mol. The van der Waals surface area contributed by atoms with Crippen molar-refractivity contribution >= 4 is 19.7 Å². The van der Waals surface area contributed by atoms with Gasteiger partial charge in [0.25, 0.3) is 0 Å². The highest BCUT2D eigenvalue weighted by atomic mass is 31.2. The molecule has 0 radical (unpaired) electrons. The minimum atomic E-state index is -4.42. The number of aliphatic hydroxyl groups is 1. The van der Waals surface area contributed by atoms with Gasteiger partial charge in [-0.2, -0.15) is 0 Å². The Balaban J connectivity index is 3.56. The van der Waals surface area contributed by atoms with Crippen molar-refractivity contribution in [3.63, 3.8) is 0 Å². The summed E-state index contributed by atoms with van der Waals surface area (Å²) in [6.45, 7) is 3.55. The van der Waals surface area contributed by atoms with Crippen LogP contribution in [0.4, 0.5) is 0 Å². The maximum absolute atomic E-state index is 12.1. The molecule has 0 rings (SSSR count). The van der Waals surface area contributed by atoms with Crippen LogP contribution in [-0.4, -0.2) is 54.3 Å². The molecule has 0 saturated heterocycles. The number of ether oxygens (including phenoxy) is 1. The molecule has 10 heteroatoms. The number of esters is 1. The molecule has 9 nitrogen and oxygen atoms in total. The minimum Gasteiger partial charge on any atom is -0.463 e. The van der Waals surface area contributed by atoms with Gasteiger partial charge in [-0.05, 0) is 70.6 Å². The third-order valence-electron chi connectivity index (χ3n) is 10.8. The molecule has 0 aromatic carbocycles. The lowest BCUT2D eigenvalue weighted by molar-refractivity contribution is -0.147. The van der Waals surface area contributed by atoms with Crippen LogP contribution >= 0.6 is 7.82 Å². The molecule has 352 valence electrons. The van der Waals surface area contributed by atoms with Crippen LogP contribution in [0.3, 0.4) is 0 Å². The third-order valence-corrected chi connectivity index (χ3v) is 11.8. The molecule has 0 spiro atoms. The molecule has 0 aliphatic carbocycles. The quantitative estimate of drug-likeness (QED) is 0.0238. The second-order valence-electron chi connectivity index (χ2n) is 16.8. The van der Waals surface area contributed by atoms with Crippen LogP contribution in [-0.2, 0) is 27.9 Å². The van der Waals surface area contributed by atoms with E-state index in [0.717, 1.165) is 51.4 Å². The van der Waals surface area contributed by atoms with E-state index in [9.17, 15) is 24.2 Å². The summed E-state index contributed by atoms with van der Waals surface area (Å²) in [5, 5.41) is 12.7. The molecule has 3 N–H and O–H groups in total. The van der Waals surface area contributed by atoms with Crippen LogP contribution < -0.4 is 5.32 Å². The van der Waals surface area contributed by atoms with Gasteiger partial charge in [-0.25, -0.2) is 4.57 Å². The summed E-state index contributed by atoms with van der Waals surface area (Å²) in [5.74, 6) is -0.519. The van der Waals surface area contributed by atoms with Gasteiger partial charge in [0, 0.05) is 19.4 Å². The third kappa shape index (κ3) is 47.3. The van der Waals surface area contributed by atoms with E-state index in [2.05, 4.69) is 55.6 Å². The Kier molecular flexibility index (Phi) is 45.3. The first-order chi connectivity index (χ1) is 29.3. The molecule has 1 amide bonds. The van der Waals surface area contributed by atoms with Crippen LogP contribution in [0.2, 0.25) is 0 Å². The zero-order valence-electron chi connectivity index (χ0n) is 38.9. The summed E-state index contributed by atoms with van der Waals surface area (Å²) >= 11 is 0. The van der Waals surface area contributed by atoms with E-state index in [-0.39, 0.29) is 32.1 Å². The maximum atomic E-state index is 12.1. The molecule has 0 fully saturated rings. The number of carbonyl (C=O) groups is 2. The highest BCUT2D eigenvalue weighted by Gasteiger charge is 2.23. The summed E-state index contributed by atoms with van der Waals surface area (Å²) in [5.41, 5.74) is 0. The number of nitrogens with one attached hydrogen (secondary N) is 1. The van der Waals surface area contributed by atoms with Gasteiger partial charge >= 0.3 is 13.8 Å². The summed E-state index contributed by atoms with van der Waals surface area (Å²) in [6.07, 6.45) is 53.6. The number of amides is 1. The highest BCUT2D eigenvalue weighted by Crippen LogP contribution is 2.42. The number of phosphoric ester groups is 1. The molecule has 0 saturated carbocycles. The van der Waals surface area contributed by atoms with Crippen molar-refractivity contribution in [3.8, 4) is 0 Å². The number of unbranched alkanes of at least 4 members (excludes halogenated alkanes) is 28. The van der Waals surface area contributed by atoms with Crippen molar-refractivity contribution in [2.45, 2.75) is 245 Å². The normalized spacial score (nSPS) is 13.5. The summed E-state index contributed by atoms with van der Waals surface area (Å²) in [4.78, 5) is 34.0. The lowest BCUT2D eigenvalue weighted by atomic mass is 10.0. The van der Waals surface area contributed by atoms with Gasteiger partial charge in [0.1, 0.15) is 12.7 Å². The Hall–Kier alpha value is -1.77. The Labute approximate surface area is 369 Å². The van der Waals surface area contributed by atoms with E-state index in [1.807, 2.05) is 0 Å². The van der Waals surface area contributed by atoms with E-state index >= 15 is 0 Å². The van der Waals surface area contributed by atoms with E-state index < -0.39 is 26.5 Å². The molecule has 0 aliphatic heterocycles. The predicted molar refractivity (Wildman–Crippen MR) is 252 cm³/mol. The lowest BCUT2D eigenvalue weighted by Gasteiger charge is -2.15. The zero-order chi connectivity index (χ0) is 43.9. The Morgan fingerprint density at radius 1 is 0.517 bits per heavy atom. The lowest BCUT2D eigenvalue weighted by Crippen LogP contribution is -2.27. The Morgan fingerprint density at radius 3 is 1.37 bits per heavy atom. The van der Waals surface area contributed by atoms with Gasteiger partial charge < -0.3 is 20.1 Å². The number of allylic oxidation sites excluding steroid dienone is 6. The van der Waals surface area contributed by atoms with Gasteiger partial charge in [0.2, 0.25) is 5.91 Å². The molecular formula is C50H94NO8P. The first-order valence-corrected chi connectivity index (χ1v) is 26.5. The first kappa shape index (κ1) is 58.2. The van der Waals surface area contributed by atoms with Crippen molar-refractivity contribution in [1.82, 2.24) is 5.32 Å². The van der Waals surface area contributed by atoms with E-state index in [1.165, 1.54) is 161 Å². The van der Waals surface area contributed by atoms with Crippen molar-refractivity contribution < 1.29 is 37.9 Å². The van der Waals surface area contributed by atoms with Crippen LogP contribution in [0.1, 0.15) is 239 Å². The van der Waals surface area contributed by atoms with Gasteiger partial charge in [0.15, 0.2) is 0 Å². The van der Waals surface area contributed by atoms with Crippen LogP contribution in [0, 0.1) is 0 Å². The number of hydrogen-bond donors (Lipinski definition) is 3. The smallest absolute Gasteiger partial charge is 0.463 e. The molecule has 0 heterocycles. The molecule has 0 aliphatic rings. The maximum Gasteiger partial charge on any atom is 0.472 e. The average Bonchev–Trinajstić information content (AvgIpc) is 3.23. The summed E-state index contributed by atoms with van der Waals surface area (Å²) in [7, 11) is -4.42. The molecular weight excluding hydrogens is 774 g/mol. The van der Waals surface area contributed by atoms with Gasteiger partial charge in [-0.3, -0.25) is 18.6 Å². The summed E-state index contributed by atoms with van der Waals surface area (Å²) < 4.78 is 27.0. The second kappa shape index (κ2) is 46.7. The fraction of sp³-hybridized carbons (Fsp3) is 0.840. The van der Waals surface area contributed by atoms with Crippen LogP contribution in [0.25, 0.3) is 0 Å². The highest BCUT2D eigenvalue weighted by molar-refractivity contribution is 7.47. The first-order valence-electron chi connectivity index (χ1n) is 25.0. The fourth-order valence-corrected chi connectivity index (χ4v) is 7.75. The van der Waals surface area contributed by atoms with Crippen LogP contribution in [0.5, 0.6) is 0 Å². The van der Waals surface area contributed by atoms with Gasteiger partial charge in [0.05, 0.1) is 13.2 Å². The molecule has 0 bridgehead atoms. The molecule has 2 unspecified atom stereocenters. The molecule has 2 atom stereocenters. The van der Waals surface area contributed by atoms with Crippen LogP contribution in [0.15, 0.2) is 36.5 Å². The van der Waals surface area contributed by atoms with E-state index in [4.69, 9.17) is 13.8 Å². The van der Waals surface area contributed by atoms with Gasteiger partial charge in [-0.1, -0.05) is 192 Å². The number of hydrogen-bond acceptors (Lipinski definition) is 7. The number of rotatable bonds is 47. The van der Waals surface area contributed by atoms with Crippen molar-refractivity contribution in [1.29, 1.82) is 0 Å². The predicted octanol–water partition coefficient (Wildman–Crippen LogP) is 14.5. The van der Waals surface area contributed by atoms with E-state index in [1.54, 1.807) is 0 Å². The second-order valence-corrected chi connectivity index (χ2v) is 18.2. The number of phosphoric acid groups is 1. The SMILES string of the molecule is CCCCCC/C=C\C/C=C\CCCCCCCCCC(=O)NCCOP(=O)(O)OCC(O)COC(=O)CCCCCCCCCCCCC/C=C/CCCCCCCC. The molecule has 60 heavy (non-hydrogen) atoms. The number of aliphatic hydroxyl groups excluding tert-OH is 1. The average molecular weight is 868 g/mol. The van der Waals surface area contributed by atoms with Crippen molar-refractivity contribution in [3.05, 3.63) is 36.5 Å². The zero-order valence-corrected chi connectivity index (χ0v) is 39.8. The Bertz CT molecular complexity index is 1080. The summed E-state index contributed by atoms with van der Waals surface area (Å²) in [6, 6.07) is 0. The minimum absolute atomic E-state index is 0.0779. The van der Waals surface area contributed by atoms with Crippen molar-refractivity contribution in [2.24, 2.45) is 0 Å². The molecule has 0 aromatic rings. The van der Waals surface area contributed by atoms with Crippen molar-refractivity contribution in [2.75, 3.05) is 26.4 Å². The molecule has 0 aromatic heterocycles. The topological polar surface area (TPSA) is 131 Å². The Morgan fingerprint density at radius 2 is 0.900 bits per heavy atom. The number of carbonyl (C=O) groups excluding carboxylic acids is 2. The fourth-order valence-electron chi connectivity index (χ4n) is 6.99. The van der Waals surface area contributed by atoms with E-state index in [0.29, 0.717) is 6.42 Å². The standard InChI is InChI=1S/C50H94NO8P/c1-3-5-7-9-11-13-15-17-19-21-23-24-25-27-29-31-33-35-37-39-41-43-50(54)57-46-48(52)47-59-60(55,56)58-45-44-51-49(53)42-40-38-36-34-32-30-28-26-22-20-18-16-14-12-10-8-6-4-2/h14,16-17,19-20,22,48,52H,3-13,15,18,21,23-47H2,1-2H3,(H,51,53)(H,55,56)/b16-14-,19-17+,22-20-. The largest absolute Gasteiger partial charge is 0.472 e.